The van der Waals surface area contributed by atoms with Gasteiger partial charge in [0.2, 0.25) is 0 Å². The molecule has 0 aliphatic rings. The predicted octanol–water partition coefficient (Wildman–Crippen LogP) is 0.230. The highest BCUT2D eigenvalue weighted by Gasteiger charge is 1.93. The van der Waals surface area contributed by atoms with E-state index in [4.69, 9.17) is 10.8 Å². The summed E-state index contributed by atoms with van der Waals surface area (Å²) in [6, 6.07) is 0. The molecule has 1 unspecified atom stereocenters. The lowest BCUT2D eigenvalue weighted by Gasteiger charge is -1.99. The summed E-state index contributed by atoms with van der Waals surface area (Å²) in [5.74, 6) is 0. The molecule has 42 valence electrons. The van der Waals surface area contributed by atoms with Crippen molar-refractivity contribution in [2.75, 3.05) is 0 Å². The van der Waals surface area contributed by atoms with Gasteiger partial charge in [-0.25, -0.2) is 0 Å². The van der Waals surface area contributed by atoms with Gasteiger partial charge in [0, 0.05) is 5.70 Å². The zero-order chi connectivity index (χ0) is 5.86. The lowest BCUT2D eigenvalue weighted by atomic mass is 10.3. The standard InChI is InChI=1S/C5H11NO/c1-3-5(6)4(2)7/h3-4,7H,6H2,1-2H3/b5-3+. The van der Waals surface area contributed by atoms with E-state index in [1.807, 2.05) is 0 Å². The van der Waals surface area contributed by atoms with Crippen LogP contribution in [0.5, 0.6) is 0 Å². The highest BCUT2D eigenvalue weighted by atomic mass is 16.3. The first-order valence-corrected chi connectivity index (χ1v) is 2.28. The Bertz CT molecular complexity index is 76.1. The van der Waals surface area contributed by atoms with Gasteiger partial charge in [-0.3, -0.25) is 0 Å². The monoisotopic (exact) mass is 101 g/mol. The van der Waals surface area contributed by atoms with E-state index in [2.05, 4.69) is 0 Å². The van der Waals surface area contributed by atoms with Crippen LogP contribution in [0.4, 0.5) is 0 Å². The molecule has 0 aliphatic carbocycles. The third kappa shape index (κ3) is 2.23. The summed E-state index contributed by atoms with van der Waals surface area (Å²) in [6.45, 7) is 3.43. The van der Waals surface area contributed by atoms with Crippen molar-refractivity contribution in [2.24, 2.45) is 5.73 Å². The van der Waals surface area contributed by atoms with Crippen molar-refractivity contribution >= 4 is 0 Å². The molecule has 0 aliphatic heterocycles. The van der Waals surface area contributed by atoms with Gasteiger partial charge in [0.15, 0.2) is 0 Å². The topological polar surface area (TPSA) is 46.2 Å². The van der Waals surface area contributed by atoms with Crippen LogP contribution in [0.15, 0.2) is 11.8 Å². The highest BCUT2D eigenvalue weighted by Crippen LogP contribution is 1.89. The number of hydrogen-bond donors (Lipinski definition) is 2. The minimum Gasteiger partial charge on any atom is -0.400 e. The van der Waals surface area contributed by atoms with Crippen LogP contribution in [-0.4, -0.2) is 11.2 Å². The quantitative estimate of drug-likeness (QED) is 0.496. The van der Waals surface area contributed by atoms with Crippen molar-refractivity contribution in [3.05, 3.63) is 11.8 Å². The average Bonchev–Trinajstić information content (AvgIpc) is 1.65. The molecule has 0 aromatic carbocycles. The molecule has 0 fully saturated rings. The van der Waals surface area contributed by atoms with Crippen molar-refractivity contribution in [3.8, 4) is 0 Å². The number of rotatable bonds is 1. The maximum Gasteiger partial charge on any atom is 0.0900 e. The zero-order valence-corrected chi connectivity index (χ0v) is 4.68. The molecular weight excluding hydrogens is 90.1 g/mol. The second-order valence-electron chi connectivity index (χ2n) is 1.46. The van der Waals surface area contributed by atoms with Gasteiger partial charge in [0.25, 0.3) is 0 Å². The minimum absolute atomic E-state index is 0.495. The normalized spacial score (nSPS) is 16.7. The fraction of sp³-hybridized carbons (Fsp3) is 0.600. The van der Waals surface area contributed by atoms with Crippen molar-refractivity contribution in [1.29, 1.82) is 0 Å². The molecule has 0 rings (SSSR count). The Labute approximate surface area is 43.6 Å². The highest BCUT2D eigenvalue weighted by molar-refractivity contribution is 4.98. The molecule has 0 saturated heterocycles. The van der Waals surface area contributed by atoms with Gasteiger partial charge in [-0.1, -0.05) is 6.08 Å². The lowest BCUT2D eigenvalue weighted by Crippen LogP contribution is -2.11. The molecule has 7 heavy (non-hydrogen) atoms. The fourth-order valence-corrected chi connectivity index (χ4v) is 0.241. The average molecular weight is 101 g/mol. The molecule has 0 heterocycles. The number of aliphatic hydroxyl groups is 1. The SMILES string of the molecule is C/C=C(/N)C(C)O. The van der Waals surface area contributed by atoms with E-state index in [1.54, 1.807) is 19.9 Å². The first-order chi connectivity index (χ1) is 3.18. The Morgan fingerprint density at radius 1 is 1.86 bits per heavy atom. The van der Waals surface area contributed by atoms with Gasteiger partial charge < -0.3 is 10.8 Å². The summed E-state index contributed by atoms with van der Waals surface area (Å²) in [7, 11) is 0. The van der Waals surface area contributed by atoms with Crippen LogP contribution < -0.4 is 5.73 Å². The second-order valence-corrected chi connectivity index (χ2v) is 1.46. The summed E-state index contributed by atoms with van der Waals surface area (Å²) in [5.41, 5.74) is 5.75. The van der Waals surface area contributed by atoms with Gasteiger partial charge >= 0.3 is 0 Å². The van der Waals surface area contributed by atoms with Crippen molar-refractivity contribution < 1.29 is 5.11 Å². The smallest absolute Gasteiger partial charge is 0.0900 e. The minimum atomic E-state index is -0.495. The van der Waals surface area contributed by atoms with Crippen molar-refractivity contribution in [2.45, 2.75) is 20.0 Å². The van der Waals surface area contributed by atoms with E-state index in [1.165, 1.54) is 0 Å². The number of allylic oxidation sites excluding steroid dienone is 1. The number of aliphatic hydroxyl groups excluding tert-OH is 1. The third-order valence-corrected chi connectivity index (χ3v) is 0.816. The molecule has 0 aromatic rings. The summed E-state index contributed by atoms with van der Waals surface area (Å²) in [4.78, 5) is 0. The van der Waals surface area contributed by atoms with E-state index in [9.17, 15) is 0 Å². The Morgan fingerprint density at radius 2 is 2.29 bits per heavy atom. The molecule has 0 radical (unpaired) electrons. The van der Waals surface area contributed by atoms with Gasteiger partial charge in [0.1, 0.15) is 0 Å². The van der Waals surface area contributed by atoms with Gasteiger partial charge in [-0.2, -0.15) is 0 Å². The van der Waals surface area contributed by atoms with Crippen LogP contribution in [0.2, 0.25) is 0 Å². The number of nitrogens with two attached hydrogens (primary N) is 1. The van der Waals surface area contributed by atoms with Gasteiger partial charge in [-0.15, -0.1) is 0 Å². The number of hydrogen-bond acceptors (Lipinski definition) is 2. The van der Waals surface area contributed by atoms with E-state index in [-0.39, 0.29) is 0 Å². The first-order valence-electron chi connectivity index (χ1n) is 2.28. The molecule has 0 spiro atoms. The van der Waals surface area contributed by atoms with E-state index in [0.717, 1.165) is 0 Å². The molecule has 0 saturated carbocycles. The molecule has 2 nitrogen and oxygen atoms in total. The molecule has 1 atom stereocenters. The Balaban J connectivity index is 3.56. The van der Waals surface area contributed by atoms with Crippen LogP contribution in [0.25, 0.3) is 0 Å². The predicted molar refractivity (Wildman–Crippen MR) is 29.6 cm³/mol. The van der Waals surface area contributed by atoms with Gasteiger partial charge in [-0.05, 0) is 13.8 Å². The maximum absolute atomic E-state index is 8.63. The zero-order valence-electron chi connectivity index (χ0n) is 4.68. The van der Waals surface area contributed by atoms with Crippen LogP contribution in [0, 0.1) is 0 Å². The molecule has 2 heteroatoms. The Kier molecular flexibility index (Phi) is 2.45. The summed E-state index contributed by atoms with van der Waals surface area (Å²) >= 11 is 0. The largest absolute Gasteiger partial charge is 0.400 e. The van der Waals surface area contributed by atoms with E-state index in [0.29, 0.717) is 5.70 Å². The fourth-order valence-electron chi connectivity index (χ4n) is 0.241. The van der Waals surface area contributed by atoms with Crippen LogP contribution >= 0.6 is 0 Å². The Morgan fingerprint density at radius 3 is 2.29 bits per heavy atom. The van der Waals surface area contributed by atoms with E-state index < -0.39 is 6.10 Å². The molecule has 0 amide bonds. The first kappa shape index (κ1) is 6.50. The van der Waals surface area contributed by atoms with Crippen LogP contribution in [0.1, 0.15) is 13.8 Å². The van der Waals surface area contributed by atoms with Crippen molar-refractivity contribution in [3.63, 3.8) is 0 Å². The summed E-state index contributed by atoms with van der Waals surface area (Å²) < 4.78 is 0. The molecule has 0 aromatic heterocycles. The second kappa shape index (κ2) is 2.64. The molecular formula is C5H11NO. The van der Waals surface area contributed by atoms with Crippen molar-refractivity contribution in [1.82, 2.24) is 0 Å². The van der Waals surface area contributed by atoms with Crippen LogP contribution in [0.3, 0.4) is 0 Å². The van der Waals surface area contributed by atoms with Crippen LogP contribution in [-0.2, 0) is 0 Å². The van der Waals surface area contributed by atoms with Gasteiger partial charge in [0.05, 0.1) is 6.10 Å². The lowest BCUT2D eigenvalue weighted by molar-refractivity contribution is 0.229. The summed E-state index contributed by atoms with van der Waals surface area (Å²) in [5, 5.41) is 8.63. The van der Waals surface area contributed by atoms with E-state index >= 15 is 0 Å². The Hall–Kier alpha value is -0.500. The summed E-state index contributed by atoms with van der Waals surface area (Å²) in [6.07, 6.45) is 1.19. The third-order valence-electron chi connectivity index (χ3n) is 0.816. The maximum atomic E-state index is 8.63. The molecule has 0 bridgehead atoms. The molecule has 3 N–H and O–H groups in total.